The van der Waals surface area contributed by atoms with Crippen LogP contribution in [0.4, 0.5) is 5.69 Å². The molecule has 0 spiro atoms. The summed E-state index contributed by atoms with van der Waals surface area (Å²) < 4.78 is 5.15. The van der Waals surface area contributed by atoms with Gasteiger partial charge in [-0.2, -0.15) is 5.10 Å². The maximum atomic E-state index is 10.5. The van der Waals surface area contributed by atoms with Crippen LogP contribution >= 0.6 is 0 Å². The molecule has 2 rings (SSSR count). The first-order valence-electron chi connectivity index (χ1n) is 4.04. The first kappa shape index (κ1) is 8.18. The number of nitro groups is 1. The van der Waals surface area contributed by atoms with Crippen LogP contribution in [0.3, 0.4) is 0 Å². The van der Waals surface area contributed by atoms with E-state index in [0.29, 0.717) is 18.9 Å². The normalized spacial score (nSPS) is 22.0. The Bertz CT molecular complexity index is 317. The largest absolute Gasteiger partial charge is 0.381 e. The Morgan fingerprint density at radius 3 is 3.23 bits per heavy atom. The van der Waals surface area contributed by atoms with Crippen LogP contribution < -0.4 is 0 Å². The Balaban J connectivity index is 2.28. The minimum absolute atomic E-state index is 0.0653. The van der Waals surface area contributed by atoms with Crippen LogP contribution in [0.1, 0.15) is 18.0 Å². The summed E-state index contributed by atoms with van der Waals surface area (Å²) in [6.07, 6.45) is 2.07. The minimum atomic E-state index is -0.419. The number of ether oxygens (including phenoxy) is 1. The van der Waals surface area contributed by atoms with Crippen LogP contribution in [0.5, 0.6) is 0 Å². The molecule has 1 unspecified atom stereocenters. The number of aromatic amines is 1. The van der Waals surface area contributed by atoms with Crippen LogP contribution in [0, 0.1) is 10.1 Å². The Kier molecular flexibility index (Phi) is 1.97. The van der Waals surface area contributed by atoms with Crippen molar-refractivity contribution >= 4 is 5.69 Å². The zero-order chi connectivity index (χ0) is 9.26. The van der Waals surface area contributed by atoms with E-state index in [9.17, 15) is 10.1 Å². The summed E-state index contributed by atoms with van der Waals surface area (Å²) in [6, 6.07) is 0. The minimum Gasteiger partial charge on any atom is -0.381 e. The van der Waals surface area contributed by atoms with Gasteiger partial charge in [0.15, 0.2) is 0 Å². The van der Waals surface area contributed by atoms with Crippen LogP contribution in [-0.2, 0) is 4.74 Å². The molecule has 2 heterocycles. The summed E-state index contributed by atoms with van der Waals surface area (Å²) in [5, 5.41) is 16.9. The summed E-state index contributed by atoms with van der Waals surface area (Å²) in [4.78, 5) is 10.1. The highest BCUT2D eigenvalue weighted by Crippen LogP contribution is 2.29. The maximum absolute atomic E-state index is 10.5. The molecule has 1 aliphatic rings. The zero-order valence-corrected chi connectivity index (χ0v) is 6.90. The molecule has 0 bridgehead atoms. The van der Waals surface area contributed by atoms with Crippen molar-refractivity contribution in [3.05, 3.63) is 22.0 Å². The Morgan fingerprint density at radius 1 is 1.77 bits per heavy atom. The van der Waals surface area contributed by atoms with Crippen molar-refractivity contribution in [2.75, 3.05) is 13.2 Å². The molecule has 1 aliphatic heterocycles. The zero-order valence-electron chi connectivity index (χ0n) is 6.90. The number of aromatic nitrogens is 2. The predicted molar refractivity (Wildman–Crippen MR) is 43.4 cm³/mol. The second kappa shape index (κ2) is 3.14. The lowest BCUT2D eigenvalue weighted by atomic mass is 10.0. The van der Waals surface area contributed by atoms with Crippen LogP contribution in [0.15, 0.2) is 6.20 Å². The van der Waals surface area contributed by atoms with Gasteiger partial charge in [0.1, 0.15) is 11.9 Å². The van der Waals surface area contributed by atoms with E-state index in [0.717, 1.165) is 6.42 Å². The molecule has 1 N–H and O–H groups in total. The van der Waals surface area contributed by atoms with Crippen molar-refractivity contribution < 1.29 is 9.66 Å². The first-order valence-corrected chi connectivity index (χ1v) is 4.04. The lowest BCUT2D eigenvalue weighted by Gasteiger charge is -2.02. The van der Waals surface area contributed by atoms with E-state index >= 15 is 0 Å². The lowest BCUT2D eigenvalue weighted by Crippen LogP contribution is -2.01. The molecule has 1 atom stereocenters. The van der Waals surface area contributed by atoms with E-state index in [-0.39, 0.29) is 11.6 Å². The van der Waals surface area contributed by atoms with Gasteiger partial charge >= 0.3 is 5.69 Å². The molecule has 0 radical (unpaired) electrons. The summed E-state index contributed by atoms with van der Waals surface area (Å²) in [7, 11) is 0. The smallest absolute Gasteiger partial charge is 0.310 e. The first-order chi connectivity index (χ1) is 6.29. The van der Waals surface area contributed by atoms with Gasteiger partial charge in [0.2, 0.25) is 0 Å². The molecular formula is C7H9N3O3. The lowest BCUT2D eigenvalue weighted by molar-refractivity contribution is -0.385. The van der Waals surface area contributed by atoms with Gasteiger partial charge in [-0.3, -0.25) is 15.2 Å². The average Bonchev–Trinajstić information content (AvgIpc) is 2.74. The van der Waals surface area contributed by atoms with Crippen molar-refractivity contribution in [3.63, 3.8) is 0 Å². The highest BCUT2D eigenvalue weighted by Gasteiger charge is 2.27. The topological polar surface area (TPSA) is 81.0 Å². The van der Waals surface area contributed by atoms with E-state index in [1.165, 1.54) is 6.20 Å². The molecule has 0 aromatic carbocycles. The number of rotatable bonds is 2. The molecule has 6 heteroatoms. The summed E-state index contributed by atoms with van der Waals surface area (Å²) in [6.45, 7) is 1.21. The molecule has 1 fully saturated rings. The standard InChI is InChI=1S/C7H9N3O3/c11-10(12)6-3-8-9-7(6)5-1-2-13-4-5/h3,5H,1-2,4H2,(H,8,9). The van der Waals surface area contributed by atoms with Crippen molar-refractivity contribution in [1.82, 2.24) is 10.2 Å². The average molecular weight is 183 g/mol. The van der Waals surface area contributed by atoms with E-state index in [4.69, 9.17) is 4.74 Å². The fourth-order valence-electron chi connectivity index (χ4n) is 1.50. The maximum Gasteiger partial charge on any atom is 0.310 e. The fraction of sp³-hybridized carbons (Fsp3) is 0.571. The fourth-order valence-corrected chi connectivity index (χ4v) is 1.50. The molecule has 0 aliphatic carbocycles. The number of nitrogens with zero attached hydrogens (tertiary/aromatic N) is 2. The highest BCUT2D eigenvalue weighted by atomic mass is 16.6. The summed E-state index contributed by atoms with van der Waals surface area (Å²) in [5.74, 6) is 0.0999. The van der Waals surface area contributed by atoms with Crippen molar-refractivity contribution in [1.29, 1.82) is 0 Å². The third-order valence-electron chi connectivity index (χ3n) is 2.18. The van der Waals surface area contributed by atoms with Gasteiger partial charge in [-0.15, -0.1) is 0 Å². The molecular weight excluding hydrogens is 174 g/mol. The number of nitrogens with one attached hydrogen (secondary N) is 1. The van der Waals surface area contributed by atoms with E-state index in [1.807, 2.05) is 0 Å². The van der Waals surface area contributed by atoms with Gasteiger partial charge in [0.25, 0.3) is 0 Å². The van der Waals surface area contributed by atoms with Crippen LogP contribution in [0.2, 0.25) is 0 Å². The highest BCUT2D eigenvalue weighted by molar-refractivity contribution is 5.35. The van der Waals surface area contributed by atoms with Crippen LogP contribution in [-0.4, -0.2) is 28.3 Å². The second-order valence-corrected chi connectivity index (χ2v) is 2.99. The molecule has 13 heavy (non-hydrogen) atoms. The van der Waals surface area contributed by atoms with Gasteiger partial charge in [-0.1, -0.05) is 0 Å². The molecule has 1 saturated heterocycles. The summed E-state index contributed by atoms with van der Waals surface area (Å²) >= 11 is 0. The third kappa shape index (κ3) is 1.40. The summed E-state index contributed by atoms with van der Waals surface area (Å²) in [5.41, 5.74) is 0.651. The van der Waals surface area contributed by atoms with Crippen molar-refractivity contribution in [2.24, 2.45) is 0 Å². The Hall–Kier alpha value is -1.43. The Morgan fingerprint density at radius 2 is 2.62 bits per heavy atom. The number of H-pyrrole nitrogens is 1. The molecule has 70 valence electrons. The van der Waals surface area contributed by atoms with Gasteiger partial charge in [-0.25, -0.2) is 0 Å². The number of hydrogen-bond acceptors (Lipinski definition) is 4. The SMILES string of the molecule is O=[N+]([O-])c1cn[nH]c1C1CCOC1. The third-order valence-corrected chi connectivity index (χ3v) is 2.18. The molecule has 1 aromatic heterocycles. The molecule has 0 amide bonds. The molecule has 6 nitrogen and oxygen atoms in total. The monoisotopic (exact) mass is 183 g/mol. The van der Waals surface area contributed by atoms with Gasteiger partial charge in [0.05, 0.1) is 11.5 Å². The van der Waals surface area contributed by atoms with E-state index < -0.39 is 4.92 Å². The Labute approximate surface area is 74.0 Å². The predicted octanol–water partition coefficient (Wildman–Crippen LogP) is 0.822. The second-order valence-electron chi connectivity index (χ2n) is 2.99. The quantitative estimate of drug-likeness (QED) is 0.543. The van der Waals surface area contributed by atoms with Crippen molar-refractivity contribution in [2.45, 2.75) is 12.3 Å². The van der Waals surface area contributed by atoms with Crippen molar-refractivity contribution in [3.8, 4) is 0 Å². The van der Waals surface area contributed by atoms with Crippen LogP contribution in [0.25, 0.3) is 0 Å². The molecule has 0 saturated carbocycles. The van der Waals surface area contributed by atoms with Gasteiger partial charge in [-0.05, 0) is 6.42 Å². The molecule has 1 aromatic rings. The number of hydrogen-bond donors (Lipinski definition) is 1. The van der Waals surface area contributed by atoms with Gasteiger partial charge < -0.3 is 4.74 Å². The van der Waals surface area contributed by atoms with E-state index in [1.54, 1.807) is 0 Å². The van der Waals surface area contributed by atoms with Gasteiger partial charge in [0, 0.05) is 12.5 Å². The van der Waals surface area contributed by atoms with E-state index in [2.05, 4.69) is 10.2 Å².